The van der Waals surface area contributed by atoms with Crippen LogP contribution in [0.4, 0.5) is 17.3 Å². The number of benzene rings is 3. The van der Waals surface area contributed by atoms with E-state index < -0.39 is 18.1 Å². The summed E-state index contributed by atoms with van der Waals surface area (Å²) >= 11 is 1.88. The van der Waals surface area contributed by atoms with E-state index in [-0.39, 0.29) is 0 Å². The van der Waals surface area contributed by atoms with Gasteiger partial charge in [-0.15, -0.1) is 0 Å². The lowest BCUT2D eigenvalue weighted by molar-refractivity contribution is 0.368. The number of hydrogen-bond donors (Lipinski definition) is 1. The van der Waals surface area contributed by atoms with Crippen LogP contribution in [0.1, 0.15) is 0 Å². The molecule has 4 rings (SSSR count). The van der Waals surface area contributed by atoms with E-state index in [4.69, 9.17) is 4.74 Å². The van der Waals surface area contributed by atoms with Crippen LogP contribution in [-0.2, 0) is 0 Å². The molecule has 0 N–H and O–H groups in total. The molecule has 0 saturated heterocycles. The van der Waals surface area contributed by atoms with E-state index >= 15 is 0 Å². The molecule has 0 aliphatic carbocycles. The largest absolute Gasteiger partial charge is 0.673 e. The van der Waals surface area contributed by atoms with Gasteiger partial charge in [-0.25, -0.2) is 0 Å². The van der Waals surface area contributed by atoms with Crippen LogP contribution in [0.15, 0.2) is 97.3 Å². The van der Waals surface area contributed by atoms with E-state index in [1.165, 1.54) is 24.5 Å². The number of thiol groups is 1. The summed E-state index contributed by atoms with van der Waals surface area (Å²) in [5.74, 6) is 0.909. The highest BCUT2D eigenvalue weighted by molar-refractivity contribution is 8.18. The number of methoxy groups -OCH3 is 1. The molecule has 1 aliphatic heterocycles. The zero-order valence-corrected chi connectivity index (χ0v) is 16.0. The second kappa shape index (κ2) is 8.31. The van der Waals surface area contributed by atoms with Crippen molar-refractivity contribution in [2.24, 2.45) is 0 Å². The minimum absolute atomic E-state index is 0.492. The average molecular weight is 411 g/mol. The van der Waals surface area contributed by atoms with Gasteiger partial charge in [-0.1, -0.05) is 36.0 Å². The first kappa shape index (κ1) is 19.7. The molecule has 3 aromatic carbocycles. The van der Waals surface area contributed by atoms with Gasteiger partial charge in [0, 0.05) is 19.6 Å². The SMILES string of the molecule is COc1ccc([SH]2c3ccccc3Sc3ccccc32)cc1.F[B-](F)(F)F. The smallest absolute Gasteiger partial charge is 0.497 e. The Bertz CT molecular complexity index is 865. The number of ether oxygens (including phenoxy) is 1. The van der Waals surface area contributed by atoms with Crippen molar-refractivity contribution in [2.45, 2.75) is 24.5 Å². The molecule has 1 nitrogen and oxygen atoms in total. The van der Waals surface area contributed by atoms with E-state index in [9.17, 15) is 17.3 Å². The Kier molecular flexibility index (Phi) is 6.06. The van der Waals surface area contributed by atoms with Crippen molar-refractivity contribution in [2.75, 3.05) is 7.11 Å². The van der Waals surface area contributed by atoms with E-state index in [0.29, 0.717) is 0 Å². The van der Waals surface area contributed by atoms with Gasteiger partial charge in [0.1, 0.15) is 5.75 Å². The molecule has 0 amide bonds. The van der Waals surface area contributed by atoms with Crippen molar-refractivity contribution in [1.29, 1.82) is 0 Å². The maximum absolute atomic E-state index is 9.75. The predicted molar refractivity (Wildman–Crippen MR) is 104 cm³/mol. The molecule has 0 saturated carbocycles. The van der Waals surface area contributed by atoms with Crippen LogP contribution in [0, 0.1) is 0 Å². The van der Waals surface area contributed by atoms with Crippen LogP contribution >= 0.6 is 22.7 Å². The summed E-state index contributed by atoms with van der Waals surface area (Å²) in [5, 5.41) is 0. The van der Waals surface area contributed by atoms with E-state index in [1.807, 2.05) is 11.8 Å². The van der Waals surface area contributed by atoms with E-state index in [2.05, 4.69) is 72.8 Å². The van der Waals surface area contributed by atoms with Crippen molar-refractivity contribution < 1.29 is 22.0 Å². The minimum Gasteiger partial charge on any atom is -0.497 e. The molecule has 0 atom stereocenters. The molecule has 0 aromatic heterocycles. The first-order valence-corrected chi connectivity index (χ1v) is 10.2. The van der Waals surface area contributed by atoms with Gasteiger partial charge in [0.2, 0.25) is 0 Å². The first-order valence-electron chi connectivity index (χ1n) is 8.04. The molecule has 1 aliphatic rings. The Balaban J connectivity index is 0.000000376. The number of fused-ring (bicyclic) bond motifs is 2. The third-order valence-corrected chi connectivity index (χ3v) is 7.78. The second-order valence-electron chi connectivity index (χ2n) is 5.57. The number of rotatable bonds is 2. The lowest BCUT2D eigenvalue weighted by atomic mass is 10.3. The minimum atomic E-state index is -6.00. The fourth-order valence-corrected chi connectivity index (χ4v) is 6.73. The molecule has 8 heteroatoms. The van der Waals surface area contributed by atoms with Crippen LogP contribution in [0.25, 0.3) is 0 Å². The normalized spacial score (nSPS) is 13.7. The predicted octanol–water partition coefficient (Wildman–Crippen LogP) is 6.94. The summed E-state index contributed by atoms with van der Waals surface area (Å²) < 4.78 is 44.3. The molecular formula is C19H16BF4OS2-. The van der Waals surface area contributed by atoms with Gasteiger partial charge < -0.3 is 22.0 Å². The summed E-state index contributed by atoms with van der Waals surface area (Å²) in [5.41, 5.74) is 0. The molecule has 0 bridgehead atoms. The Morgan fingerprint density at radius 3 is 1.63 bits per heavy atom. The monoisotopic (exact) mass is 411 g/mol. The molecule has 0 spiro atoms. The Morgan fingerprint density at radius 1 is 0.741 bits per heavy atom. The topological polar surface area (TPSA) is 9.23 Å². The fourth-order valence-electron chi connectivity index (χ4n) is 2.71. The Morgan fingerprint density at radius 2 is 1.19 bits per heavy atom. The fraction of sp³-hybridized carbons (Fsp3) is 0.0526. The first-order chi connectivity index (χ1) is 12.9. The third-order valence-electron chi connectivity index (χ3n) is 3.76. The van der Waals surface area contributed by atoms with Gasteiger partial charge in [-0.2, -0.15) is 10.9 Å². The van der Waals surface area contributed by atoms with Crippen molar-refractivity contribution in [3.8, 4) is 5.75 Å². The average Bonchev–Trinajstić information content (AvgIpc) is 2.65. The molecule has 142 valence electrons. The van der Waals surface area contributed by atoms with Crippen LogP contribution in [-0.4, -0.2) is 14.4 Å². The van der Waals surface area contributed by atoms with Gasteiger partial charge in [0.25, 0.3) is 0 Å². The maximum atomic E-state index is 9.75. The van der Waals surface area contributed by atoms with E-state index in [1.54, 1.807) is 7.11 Å². The summed E-state index contributed by atoms with van der Waals surface area (Å²) in [6.07, 6.45) is 0. The van der Waals surface area contributed by atoms with Crippen LogP contribution in [0.3, 0.4) is 0 Å². The summed E-state index contributed by atoms with van der Waals surface area (Å²) in [7, 11) is -4.78. The van der Waals surface area contributed by atoms with Crippen LogP contribution < -0.4 is 4.74 Å². The highest BCUT2D eigenvalue weighted by Gasteiger charge is 2.24. The van der Waals surface area contributed by atoms with Gasteiger partial charge in [-0.3, -0.25) is 0 Å². The maximum Gasteiger partial charge on any atom is 0.673 e. The molecule has 1 heterocycles. The van der Waals surface area contributed by atoms with Crippen molar-refractivity contribution in [3.05, 3.63) is 72.8 Å². The van der Waals surface area contributed by atoms with Crippen LogP contribution in [0.5, 0.6) is 5.75 Å². The molecular weight excluding hydrogens is 395 g/mol. The molecule has 0 unspecified atom stereocenters. The zero-order valence-electron chi connectivity index (χ0n) is 14.3. The second-order valence-corrected chi connectivity index (χ2v) is 8.80. The van der Waals surface area contributed by atoms with Gasteiger partial charge in [0.05, 0.1) is 7.11 Å². The lowest BCUT2D eigenvalue weighted by Gasteiger charge is -2.31. The van der Waals surface area contributed by atoms with Gasteiger partial charge in [-0.05, 0) is 53.4 Å². The highest BCUT2D eigenvalue weighted by Crippen LogP contribution is 2.61. The van der Waals surface area contributed by atoms with Crippen molar-refractivity contribution in [1.82, 2.24) is 0 Å². The Labute approximate surface area is 162 Å². The summed E-state index contributed by atoms with van der Waals surface area (Å²) in [6, 6.07) is 26.1. The highest BCUT2D eigenvalue weighted by atomic mass is 32.2. The van der Waals surface area contributed by atoms with Crippen molar-refractivity contribution >= 4 is 29.9 Å². The molecule has 0 fully saturated rings. The van der Waals surface area contributed by atoms with Gasteiger partial charge in [0.15, 0.2) is 0 Å². The summed E-state index contributed by atoms with van der Waals surface area (Å²) in [4.78, 5) is 7.03. The Hall–Kier alpha value is -2.06. The van der Waals surface area contributed by atoms with Crippen molar-refractivity contribution in [3.63, 3.8) is 0 Å². The number of halogens is 4. The molecule has 0 radical (unpaired) electrons. The standard InChI is InChI=1S/C19H16OS2.BF4/c1-20-14-10-12-15(13-11-14)22-18-8-4-2-6-16(18)21-17-7-3-5-9-19(17)22;2-1(3,4)5/h2-13,22H,1H3;/q;-1. The third kappa shape index (κ3) is 5.02. The number of hydrogen-bond acceptors (Lipinski definition) is 2. The quantitative estimate of drug-likeness (QED) is 0.217. The van der Waals surface area contributed by atoms with Gasteiger partial charge >= 0.3 is 7.25 Å². The van der Waals surface area contributed by atoms with Crippen LogP contribution in [0.2, 0.25) is 0 Å². The lowest BCUT2D eigenvalue weighted by Crippen LogP contribution is -2.02. The molecule has 3 aromatic rings. The zero-order chi connectivity index (χ0) is 19.4. The summed E-state index contributed by atoms with van der Waals surface area (Å²) in [6.45, 7) is 0. The molecule has 27 heavy (non-hydrogen) atoms. The van der Waals surface area contributed by atoms with E-state index in [0.717, 1.165) is 5.75 Å².